The number of carbonyl (C=O) groups excluding carboxylic acids is 2. The van der Waals surface area contributed by atoms with Gasteiger partial charge in [0.1, 0.15) is 5.56 Å². The van der Waals surface area contributed by atoms with Crippen molar-refractivity contribution in [1.29, 1.82) is 0 Å². The van der Waals surface area contributed by atoms with Gasteiger partial charge >= 0.3 is 5.97 Å². The molecule has 0 spiro atoms. The number of carbonyl (C=O) groups is 2. The van der Waals surface area contributed by atoms with E-state index in [0.717, 1.165) is 5.69 Å². The Balaban J connectivity index is 1.63. The fraction of sp³-hybridized carbons (Fsp3) is 0.120. The molecule has 0 aliphatic rings. The van der Waals surface area contributed by atoms with Gasteiger partial charge in [0, 0.05) is 28.5 Å². The maximum absolute atomic E-state index is 12.7. The number of sulfonamides is 1. The van der Waals surface area contributed by atoms with Gasteiger partial charge in [-0.3, -0.25) is 4.79 Å². The number of aromatic nitrogens is 2. The third-order valence-corrected chi connectivity index (χ3v) is 6.41. The van der Waals surface area contributed by atoms with E-state index in [4.69, 9.17) is 4.74 Å². The van der Waals surface area contributed by atoms with Crippen LogP contribution >= 0.6 is 0 Å². The van der Waals surface area contributed by atoms with E-state index in [1.807, 2.05) is 6.92 Å². The number of hydrogen-bond donors (Lipinski definition) is 2. The zero-order valence-corrected chi connectivity index (χ0v) is 19.8. The number of esters is 1. The third kappa shape index (κ3) is 5.28. The highest BCUT2D eigenvalue weighted by Crippen LogP contribution is 2.29. The number of aryl methyl sites for hydroxylation is 1. The molecule has 2 N–H and O–H groups in total. The van der Waals surface area contributed by atoms with Crippen molar-refractivity contribution in [2.75, 3.05) is 11.9 Å². The molecule has 0 atom stereocenters. The molecule has 178 valence electrons. The highest BCUT2D eigenvalue weighted by Gasteiger charge is 2.20. The Morgan fingerprint density at radius 2 is 1.69 bits per heavy atom. The van der Waals surface area contributed by atoms with Crippen LogP contribution in [0, 0.1) is 6.92 Å². The summed E-state index contributed by atoms with van der Waals surface area (Å²) in [7, 11) is -4.09. The van der Waals surface area contributed by atoms with Crippen LogP contribution in [0.1, 0.15) is 33.3 Å². The second kappa shape index (κ2) is 9.90. The number of rotatable bonds is 7. The molecule has 2 heterocycles. The SMILES string of the molecule is CCOC(=O)c1cnc2nc(C)ccc2c1Nc1ccc(S(=O)(=O)NC(=O)c2ccccc2)cc1. The quantitative estimate of drug-likeness (QED) is 0.373. The van der Waals surface area contributed by atoms with Gasteiger partial charge in [-0.15, -0.1) is 0 Å². The summed E-state index contributed by atoms with van der Waals surface area (Å²) < 4.78 is 32.6. The smallest absolute Gasteiger partial charge is 0.341 e. The van der Waals surface area contributed by atoms with Gasteiger partial charge in [-0.25, -0.2) is 27.9 Å². The molecule has 4 rings (SSSR count). The van der Waals surface area contributed by atoms with Crippen molar-refractivity contribution < 1.29 is 22.7 Å². The zero-order valence-electron chi connectivity index (χ0n) is 19.0. The molecule has 1 amide bonds. The van der Waals surface area contributed by atoms with Crippen LogP contribution in [0.15, 0.2) is 77.8 Å². The average Bonchev–Trinajstić information content (AvgIpc) is 2.84. The average molecular weight is 491 g/mol. The first-order chi connectivity index (χ1) is 16.8. The fourth-order valence-electron chi connectivity index (χ4n) is 3.36. The van der Waals surface area contributed by atoms with Crippen LogP contribution in [0.2, 0.25) is 0 Å². The summed E-state index contributed by atoms with van der Waals surface area (Å²) in [5, 5.41) is 3.76. The normalized spacial score (nSPS) is 11.1. The summed E-state index contributed by atoms with van der Waals surface area (Å²) in [6, 6.07) is 17.4. The summed E-state index contributed by atoms with van der Waals surface area (Å²) in [5.41, 5.74) is 2.62. The van der Waals surface area contributed by atoms with Gasteiger partial charge in [-0.1, -0.05) is 18.2 Å². The summed E-state index contributed by atoms with van der Waals surface area (Å²) in [5.74, 6) is -1.27. The van der Waals surface area contributed by atoms with Crippen LogP contribution in [-0.4, -0.2) is 36.9 Å². The Bertz CT molecular complexity index is 1500. The monoisotopic (exact) mass is 490 g/mol. The predicted octanol–water partition coefficient (Wildman–Crippen LogP) is 3.98. The molecule has 0 aliphatic heterocycles. The van der Waals surface area contributed by atoms with Crippen LogP contribution in [0.5, 0.6) is 0 Å². The van der Waals surface area contributed by atoms with Crippen LogP contribution in [0.25, 0.3) is 11.0 Å². The molecule has 2 aromatic heterocycles. The Hall–Kier alpha value is -4.31. The minimum absolute atomic E-state index is 0.0881. The summed E-state index contributed by atoms with van der Waals surface area (Å²) in [4.78, 5) is 33.4. The van der Waals surface area contributed by atoms with E-state index in [0.29, 0.717) is 22.4 Å². The molecular weight excluding hydrogens is 468 g/mol. The van der Waals surface area contributed by atoms with E-state index < -0.39 is 21.9 Å². The lowest BCUT2D eigenvalue weighted by molar-refractivity contribution is 0.0527. The standard InChI is InChI=1S/C25H22N4O5S/c1-3-34-25(31)21-15-26-23-20(14-9-16(2)27-23)22(21)28-18-10-12-19(13-11-18)35(32,33)29-24(30)17-7-5-4-6-8-17/h4-15H,3H2,1-2H3,(H,29,30)(H,26,27,28). The van der Waals surface area contributed by atoms with Crippen molar-refractivity contribution in [3.63, 3.8) is 0 Å². The molecule has 0 radical (unpaired) electrons. The summed E-state index contributed by atoms with van der Waals surface area (Å²) in [6.45, 7) is 3.74. The molecule has 10 heteroatoms. The summed E-state index contributed by atoms with van der Waals surface area (Å²) >= 11 is 0. The van der Waals surface area contributed by atoms with Crippen molar-refractivity contribution in [2.24, 2.45) is 0 Å². The van der Waals surface area contributed by atoms with E-state index in [1.165, 1.54) is 42.6 Å². The molecule has 0 saturated heterocycles. The lowest BCUT2D eigenvalue weighted by atomic mass is 10.1. The van der Waals surface area contributed by atoms with Crippen molar-refractivity contribution in [3.05, 3.63) is 89.7 Å². The first kappa shape index (κ1) is 23.8. The second-order valence-electron chi connectivity index (χ2n) is 7.54. The third-order valence-electron chi connectivity index (χ3n) is 5.06. The Morgan fingerprint density at radius 1 is 0.971 bits per heavy atom. The zero-order chi connectivity index (χ0) is 25.0. The predicted molar refractivity (Wildman–Crippen MR) is 131 cm³/mol. The number of fused-ring (bicyclic) bond motifs is 1. The molecule has 0 bridgehead atoms. The topological polar surface area (TPSA) is 127 Å². The number of hydrogen-bond acceptors (Lipinski definition) is 8. The van der Waals surface area contributed by atoms with E-state index >= 15 is 0 Å². The molecule has 2 aromatic carbocycles. The molecule has 4 aromatic rings. The lowest BCUT2D eigenvalue weighted by Gasteiger charge is -2.14. The minimum Gasteiger partial charge on any atom is -0.462 e. The van der Waals surface area contributed by atoms with Crippen molar-refractivity contribution >= 4 is 44.3 Å². The number of ether oxygens (including phenoxy) is 1. The molecular formula is C25H22N4O5S. The number of amides is 1. The number of nitrogens with one attached hydrogen (secondary N) is 2. The Morgan fingerprint density at radius 3 is 2.37 bits per heavy atom. The van der Waals surface area contributed by atoms with Crippen molar-refractivity contribution in [2.45, 2.75) is 18.7 Å². The van der Waals surface area contributed by atoms with Gasteiger partial charge in [0.05, 0.1) is 17.2 Å². The van der Waals surface area contributed by atoms with E-state index in [9.17, 15) is 18.0 Å². The number of nitrogens with zero attached hydrogens (tertiary/aromatic N) is 2. The molecule has 0 saturated carbocycles. The number of anilines is 2. The maximum atomic E-state index is 12.7. The maximum Gasteiger partial charge on any atom is 0.341 e. The van der Waals surface area contributed by atoms with Crippen LogP contribution in [-0.2, 0) is 14.8 Å². The second-order valence-corrected chi connectivity index (χ2v) is 9.22. The van der Waals surface area contributed by atoms with Crippen molar-refractivity contribution in [1.82, 2.24) is 14.7 Å². The molecule has 0 fully saturated rings. The van der Waals surface area contributed by atoms with Crippen LogP contribution < -0.4 is 10.0 Å². The van der Waals surface area contributed by atoms with E-state index in [1.54, 1.807) is 37.3 Å². The molecule has 9 nitrogen and oxygen atoms in total. The molecule has 0 unspecified atom stereocenters. The Kier molecular flexibility index (Phi) is 6.74. The Labute approximate surface area is 202 Å². The van der Waals surface area contributed by atoms with Gasteiger partial charge in [0.15, 0.2) is 5.65 Å². The summed E-state index contributed by atoms with van der Waals surface area (Å²) in [6.07, 6.45) is 1.40. The van der Waals surface area contributed by atoms with Gasteiger partial charge in [0.25, 0.3) is 15.9 Å². The van der Waals surface area contributed by atoms with Crippen LogP contribution in [0.3, 0.4) is 0 Å². The van der Waals surface area contributed by atoms with Gasteiger partial charge < -0.3 is 10.1 Å². The first-order valence-electron chi connectivity index (χ1n) is 10.7. The minimum atomic E-state index is -4.09. The largest absolute Gasteiger partial charge is 0.462 e. The highest BCUT2D eigenvalue weighted by atomic mass is 32.2. The van der Waals surface area contributed by atoms with Crippen LogP contribution in [0.4, 0.5) is 11.4 Å². The van der Waals surface area contributed by atoms with E-state index in [-0.39, 0.29) is 22.6 Å². The van der Waals surface area contributed by atoms with Gasteiger partial charge in [0.2, 0.25) is 0 Å². The van der Waals surface area contributed by atoms with E-state index in [2.05, 4.69) is 20.0 Å². The van der Waals surface area contributed by atoms with Crippen molar-refractivity contribution in [3.8, 4) is 0 Å². The first-order valence-corrected chi connectivity index (χ1v) is 12.2. The fourth-order valence-corrected chi connectivity index (χ4v) is 4.34. The number of benzene rings is 2. The van der Waals surface area contributed by atoms with Gasteiger partial charge in [-0.2, -0.15) is 0 Å². The highest BCUT2D eigenvalue weighted by molar-refractivity contribution is 7.90. The van der Waals surface area contributed by atoms with Gasteiger partial charge in [-0.05, 0) is 62.4 Å². The lowest BCUT2D eigenvalue weighted by Crippen LogP contribution is -2.30. The molecule has 0 aliphatic carbocycles. The molecule has 35 heavy (non-hydrogen) atoms. The number of pyridine rings is 2.